The third-order valence-electron chi connectivity index (χ3n) is 6.20. The Morgan fingerprint density at radius 1 is 1.26 bits per heavy atom. The van der Waals surface area contributed by atoms with E-state index in [9.17, 15) is 19.1 Å². The summed E-state index contributed by atoms with van der Waals surface area (Å²) in [5, 5.41) is 17.0. The first-order valence-corrected chi connectivity index (χ1v) is 11.5. The van der Waals surface area contributed by atoms with Gasteiger partial charge in [0.05, 0.1) is 12.2 Å². The van der Waals surface area contributed by atoms with Crippen molar-refractivity contribution in [2.45, 2.75) is 31.9 Å². The molecule has 0 aliphatic carbocycles. The van der Waals surface area contributed by atoms with Crippen molar-refractivity contribution in [3.63, 3.8) is 0 Å². The molecule has 0 saturated carbocycles. The van der Waals surface area contributed by atoms with Gasteiger partial charge < -0.3 is 20.2 Å². The Morgan fingerprint density at radius 3 is 2.86 bits per heavy atom. The highest BCUT2D eigenvalue weighted by molar-refractivity contribution is 5.94. The van der Waals surface area contributed by atoms with Gasteiger partial charge in [0.25, 0.3) is 11.8 Å². The van der Waals surface area contributed by atoms with Crippen molar-refractivity contribution in [1.29, 1.82) is 0 Å². The minimum Gasteiger partial charge on any atom is -0.384 e. The lowest BCUT2D eigenvalue weighted by Gasteiger charge is -2.26. The molecule has 2 aliphatic heterocycles. The van der Waals surface area contributed by atoms with Crippen LogP contribution in [0.25, 0.3) is 5.65 Å². The number of benzene rings is 1. The van der Waals surface area contributed by atoms with Crippen molar-refractivity contribution in [2.24, 2.45) is 0 Å². The first kappa shape index (κ1) is 22.7. The van der Waals surface area contributed by atoms with Crippen LogP contribution in [0, 0.1) is 5.82 Å². The predicted octanol–water partition coefficient (Wildman–Crippen LogP) is 2.56. The summed E-state index contributed by atoms with van der Waals surface area (Å²) in [6.07, 6.45) is 7.01. The van der Waals surface area contributed by atoms with Crippen LogP contribution in [0.15, 0.2) is 66.6 Å². The summed E-state index contributed by atoms with van der Waals surface area (Å²) in [6, 6.07) is 10.3. The minimum atomic E-state index is -1.10. The number of halogens is 1. The third kappa shape index (κ3) is 4.52. The van der Waals surface area contributed by atoms with Crippen molar-refractivity contribution in [1.82, 2.24) is 24.8 Å². The van der Waals surface area contributed by atoms with E-state index in [1.807, 2.05) is 12.1 Å². The molecule has 35 heavy (non-hydrogen) atoms. The number of allylic oxidation sites excluding steroid dienone is 1. The molecule has 180 valence electrons. The monoisotopic (exact) mass is 476 g/mol. The highest BCUT2D eigenvalue weighted by Crippen LogP contribution is 2.35. The van der Waals surface area contributed by atoms with Gasteiger partial charge in [-0.3, -0.25) is 9.59 Å². The molecule has 2 atom stereocenters. The van der Waals surface area contributed by atoms with Gasteiger partial charge >= 0.3 is 0 Å². The van der Waals surface area contributed by atoms with Crippen molar-refractivity contribution in [3.05, 3.63) is 83.7 Å². The van der Waals surface area contributed by atoms with E-state index in [2.05, 4.69) is 15.2 Å². The molecule has 1 fully saturated rings. The number of aliphatic hydroxyl groups excluding tert-OH is 1. The van der Waals surface area contributed by atoms with E-state index >= 15 is 0 Å². The zero-order valence-corrected chi connectivity index (χ0v) is 19.1. The number of imidazole rings is 1. The first-order valence-electron chi connectivity index (χ1n) is 11.5. The number of aliphatic hydroxyl groups is 1. The average molecular weight is 477 g/mol. The Kier molecular flexibility index (Phi) is 6.04. The Morgan fingerprint density at radius 2 is 2.11 bits per heavy atom. The van der Waals surface area contributed by atoms with E-state index < -0.39 is 17.9 Å². The standard InChI is InChI=1S/C25H25FN6O3/c1-16(33)25(35)30-12-9-19(10-13-30)28-24(34)21-15-27-22-7-8-23(29-32(21)22)31-11-3-6-20(31)17-4-2-5-18(26)14-17/h2,4-5,7-10,12,14-16,20,33H,3,6,11,13H2,1H3,(H,28,34)/t16-,20+/m0/s1. The zero-order chi connectivity index (χ0) is 24.5. The fourth-order valence-electron chi connectivity index (χ4n) is 4.46. The lowest BCUT2D eigenvalue weighted by molar-refractivity contribution is -0.136. The lowest BCUT2D eigenvalue weighted by atomic mass is 10.0. The third-order valence-corrected chi connectivity index (χ3v) is 6.20. The topological polar surface area (TPSA) is 103 Å². The maximum absolute atomic E-state index is 13.8. The van der Waals surface area contributed by atoms with Gasteiger partial charge in [0.15, 0.2) is 11.3 Å². The second-order valence-electron chi connectivity index (χ2n) is 8.61. The van der Waals surface area contributed by atoms with Crippen LogP contribution >= 0.6 is 0 Å². The second kappa shape index (κ2) is 9.30. The summed E-state index contributed by atoms with van der Waals surface area (Å²) in [5.74, 6) is -0.396. The van der Waals surface area contributed by atoms with Crippen LogP contribution in [0.4, 0.5) is 10.2 Å². The van der Waals surface area contributed by atoms with E-state index in [0.29, 0.717) is 17.2 Å². The summed E-state index contributed by atoms with van der Waals surface area (Å²) in [4.78, 5) is 32.7. The van der Waals surface area contributed by atoms with Crippen molar-refractivity contribution in [2.75, 3.05) is 18.0 Å². The number of nitrogens with zero attached hydrogens (tertiary/aromatic N) is 5. The van der Waals surface area contributed by atoms with Gasteiger partial charge in [-0.05, 0) is 61.7 Å². The molecule has 5 rings (SSSR count). The first-order chi connectivity index (χ1) is 16.9. The Balaban J connectivity index is 1.36. The highest BCUT2D eigenvalue weighted by atomic mass is 19.1. The van der Waals surface area contributed by atoms with Crippen LogP contribution in [-0.2, 0) is 4.79 Å². The molecule has 2 amide bonds. The summed E-state index contributed by atoms with van der Waals surface area (Å²) < 4.78 is 15.3. The number of carbonyl (C=O) groups excluding carboxylic acids is 2. The summed E-state index contributed by atoms with van der Waals surface area (Å²) in [5.41, 5.74) is 2.22. The van der Waals surface area contributed by atoms with E-state index in [1.165, 1.54) is 34.8 Å². The van der Waals surface area contributed by atoms with Crippen molar-refractivity contribution >= 4 is 23.3 Å². The number of hydrogen-bond acceptors (Lipinski definition) is 6. The molecule has 1 aromatic carbocycles. The minimum absolute atomic E-state index is 0.00118. The fraction of sp³-hybridized carbons (Fsp3) is 0.280. The Labute approximate surface area is 201 Å². The number of nitrogens with one attached hydrogen (secondary N) is 1. The molecule has 0 bridgehead atoms. The molecular weight excluding hydrogens is 451 g/mol. The Hall–Kier alpha value is -4.05. The molecular formula is C25H25FN6O3. The molecule has 2 aliphatic rings. The van der Waals surface area contributed by atoms with Crippen LogP contribution in [0.2, 0.25) is 0 Å². The van der Waals surface area contributed by atoms with Crippen molar-refractivity contribution in [3.8, 4) is 0 Å². The Bertz CT molecular complexity index is 1350. The average Bonchev–Trinajstić information content (AvgIpc) is 3.51. The van der Waals surface area contributed by atoms with Gasteiger partial charge in [0.1, 0.15) is 17.7 Å². The number of anilines is 1. The number of rotatable bonds is 5. The number of carbonyl (C=O) groups is 2. The summed E-state index contributed by atoms with van der Waals surface area (Å²) >= 11 is 0. The number of aromatic nitrogens is 3. The molecule has 2 N–H and O–H groups in total. The van der Waals surface area contributed by atoms with Gasteiger partial charge in [0.2, 0.25) is 0 Å². The van der Waals surface area contributed by atoms with Crippen LogP contribution < -0.4 is 10.2 Å². The summed E-state index contributed by atoms with van der Waals surface area (Å²) in [7, 11) is 0. The summed E-state index contributed by atoms with van der Waals surface area (Å²) in [6.45, 7) is 2.42. The SMILES string of the molecule is C[C@H](O)C(=O)N1C=CC(NC(=O)c2cnc3ccc(N4CCC[C@@H]4c4cccc(F)c4)nn23)=CC1. The highest BCUT2D eigenvalue weighted by Gasteiger charge is 2.28. The zero-order valence-electron chi connectivity index (χ0n) is 19.1. The number of amides is 2. The molecule has 2 aromatic heterocycles. The largest absolute Gasteiger partial charge is 0.384 e. The lowest BCUT2D eigenvalue weighted by Crippen LogP contribution is -2.36. The van der Waals surface area contributed by atoms with Gasteiger partial charge in [0, 0.05) is 25.0 Å². The van der Waals surface area contributed by atoms with Crippen LogP contribution in [0.5, 0.6) is 0 Å². The normalized spacial score (nSPS) is 18.6. The molecule has 3 aromatic rings. The quantitative estimate of drug-likeness (QED) is 0.587. The van der Waals surface area contributed by atoms with Crippen LogP contribution in [-0.4, -0.2) is 55.6 Å². The van der Waals surface area contributed by atoms with Crippen LogP contribution in [0.1, 0.15) is 41.9 Å². The van der Waals surface area contributed by atoms with E-state index in [0.717, 1.165) is 24.9 Å². The van der Waals surface area contributed by atoms with Gasteiger partial charge in [-0.2, -0.15) is 0 Å². The van der Waals surface area contributed by atoms with Crippen molar-refractivity contribution < 1.29 is 19.1 Å². The molecule has 1 saturated heterocycles. The molecule has 0 radical (unpaired) electrons. The second-order valence-corrected chi connectivity index (χ2v) is 8.61. The van der Waals surface area contributed by atoms with Crippen LogP contribution in [0.3, 0.4) is 0 Å². The molecule has 10 heteroatoms. The molecule has 0 unspecified atom stereocenters. The van der Waals surface area contributed by atoms with E-state index in [4.69, 9.17) is 5.10 Å². The fourth-order valence-corrected chi connectivity index (χ4v) is 4.46. The van der Waals surface area contributed by atoms with E-state index in [-0.39, 0.29) is 24.1 Å². The number of fused-ring (bicyclic) bond motifs is 1. The molecule has 4 heterocycles. The maximum Gasteiger partial charge on any atom is 0.276 e. The molecule has 9 nitrogen and oxygen atoms in total. The van der Waals surface area contributed by atoms with Gasteiger partial charge in [-0.25, -0.2) is 13.9 Å². The maximum atomic E-state index is 13.8. The molecule has 0 spiro atoms. The predicted molar refractivity (Wildman–Crippen MR) is 127 cm³/mol. The number of hydrogen-bond donors (Lipinski definition) is 2. The van der Waals surface area contributed by atoms with Gasteiger partial charge in [-0.15, -0.1) is 5.10 Å². The van der Waals surface area contributed by atoms with Gasteiger partial charge in [-0.1, -0.05) is 12.1 Å². The van der Waals surface area contributed by atoms with E-state index in [1.54, 1.807) is 30.4 Å². The smallest absolute Gasteiger partial charge is 0.276 e.